The van der Waals surface area contributed by atoms with Gasteiger partial charge < -0.3 is 14.5 Å². The molecule has 10 rings (SSSR count). The van der Waals surface area contributed by atoms with Crippen LogP contribution in [-0.4, -0.2) is 26.5 Å². The molecule has 1 N–H and O–H groups in total. The molecule has 0 aliphatic rings. The minimum absolute atomic E-state index is 0.610. The van der Waals surface area contributed by atoms with Crippen molar-refractivity contribution in [3.8, 4) is 33.8 Å². The largest absolute Gasteiger partial charge is 0.355 e. The molecule has 7 aromatic carbocycles. The average Bonchev–Trinajstić information content (AvgIpc) is 3.86. The third-order valence-electron chi connectivity index (χ3n) is 12.1. The van der Waals surface area contributed by atoms with Crippen LogP contribution < -0.4 is 5.32 Å². The third kappa shape index (κ3) is 7.79. The summed E-state index contributed by atoms with van der Waals surface area (Å²) in [7, 11) is 0. The second-order valence-corrected chi connectivity index (χ2v) is 16.4. The standard InChI is InChI=1S/C58H50N6/c1-4-16-44(59-3)37-45(17-5-2)61-39-40-18-15-21-46(34-40)63-55-25-11-9-22-48(55)50-35-41(27-31-57(50)63)42-28-32-58-51(36-42)49-23-10-12-26-56(49)64(58)47-29-30-54(62-43-19-7-6-8-20-43)52(38-47)53-24-13-14-33-60-53/h6-15,18-38,62H,3-5,16-17,39H2,1-2H3/b44-37-,61-45?. The maximum Gasteiger partial charge on any atom is 0.0723 e. The van der Waals surface area contributed by atoms with Crippen molar-refractivity contribution in [1.82, 2.24) is 14.1 Å². The van der Waals surface area contributed by atoms with Crippen LogP contribution in [0.25, 0.3) is 77.4 Å². The number of nitrogens with one attached hydrogen (secondary N) is 1. The van der Waals surface area contributed by atoms with Gasteiger partial charge in [0.1, 0.15) is 0 Å². The monoisotopic (exact) mass is 830 g/mol. The molecule has 3 aromatic heterocycles. The van der Waals surface area contributed by atoms with Crippen molar-refractivity contribution in [2.24, 2.45) is 9.98 Å². The summed E-state index contributed by atoms with van der Waals surface area (Å²) in [4.78, 5) is 14.1. The Labute approximate surface area is 374 Å². The Bertz CT molecular complexity index is 3370. The maximum atomic E-state index is 5.08. The minimum atomic E-state index is 0.610. The zero-order valence-corrected chi connectivity index (χ0v) is 36.4. The Hall–Kier alpha value is -7.83. The molecule has 6 heteroatoms. The van der Waals surface area contributed by atoms with Gasteiger partial charge in [-0.3, -0.25) is 15.0 Å². The highest BCUT2D eigenvalue weighted by molar-refractivity contribution is 6.13. The molecule has 0 amide bonds. The molecule has 0 aliphatic carbocycles. The van der Waals surface area contributed by atoms with E-state index in [0.717, 1.165) is 82.1 Å². The molecule has 3 heterocycles. The number of pyridine rings is 1. The SMILES string of the molecule is C=N/C(=C\C(CCC)=NCc1cccc(-n2c3ccccc3c3cc(-c4ccc5c(c4)c4ccccc4n5-c4ccc(Nc5ccccc5)c(-c5ccccn5)c4)ccc32)c1)CCC. The van der Waals surface area contributed by atoms with Crippen molar-refractivity contribution in [3.63, 3.8) is 0 Å². The number of aromatic nitrogens is 3. The molecule has 312 valence electrons. The Kier molecular flexibility index (Phi) is 11.2. The lowest BCUT2D eigenvalue weighted by Crippen LogP contribution is -1.99. The van der Waals surface area contributed by atoms with Crippen LogP contribution in [-0.2, 0) is 6.54 Å². The van der Waals surface area contributed by atoms with Gasteiger partial charge in [0.2, 0.25) is 0 Å². The zero-order chi connectivity index (χ0) is 43.4. The van der Waals surface area contributed by atoms with E-state index >= 15 is 0 Å². The van der Waals surface area contributed by atoms with Gasteiger partial charge in [0.15, 0.2) is 0 Å². The molecule has 0 radical (unpaired) electrons. The van der Waals surface area contributed by atoms with Crippen molar-refractivity contribution in [3.05, 3.63) is 199 Å². The lowest BCUT2D eigenvalue weighted by Gasteiger charge is -2.16. The summed E-state index contributed by atoms with van der Waals surface area (Å²) >= 11 is 0. The Balaban J connectivity index is 1.04. The quantitative estimate of drug-likeness (QED) is 0.111. The average molecular weight is 831 g/mol. The minimum Gasteiger partial charge on any atom is -0.355 e. The summed E-state index contributed by atoms with van der Waals surface area (Å²) in [6, 6.07) is 63.1. The van der Waals surface area contributed by atoms with E-state index in [4.69, 9.17) is 9.98 Å². The molecule has 0 unspecified atom stereocenters. The van der Waals surface area contributed by atoms with Crippen LogP contribution in [0.4, 0.5) is 11.4 Å². The number of nitrogens with zero attached hydrogens (tertiary/aromatic N) is 5. The maximum absolute atomic E-state index is 5.08. The van der Waals surface area contributed by atoms with Crippen molar-refractivity contribution in [2.75, 3.05) is 5.32 Å². The number of allylic oxidation sites excluding steroid dienone is 2. The highest BCUT2D eigenvalue weighted by Crippen LogP contribution is 2.40. The normalized spacial score (nSPS) is 12.2. The predicted octanol–water partition coefficient (Wildman–Crippen LogP) is 15.5. The van der Waals surface area contributed by atoms with Crippen LogP contribution in [0.1, 0.15) is 45.1 Å². The Morgan fingerprint density at radius 3 is 1.84 bits per heavy atom. The molecular weight excluding hydrogens is 781 g/mol. The van der Waals surface area contributed by atoms with Crippen molar-refractivity contribution in [1.29, 1.82) is 0 Å². The first-order valence-corrected chi connectivity index (χ1v) is 22.3. The highest BCUT2D eigenvalue weighted by Gasteiger charge is 2.18. The zero-order valence-electron chi connectivity index (χ0n) is 36.4. The molecule has 0 fully saturated rings. The number of para-hydroxylation sites is 3. The van der Waals surface area contributed by atoms with E-state index in [-0.39, 0.29) is 0 Å². The van der Waals surface area contributed by atoms with Crippen LogP contribution in [0.2, 0.25) is 0 Å². The molecule has 6 nitrogen and oxygen atoms in total. The number of aliphatic imine (C=N–C) groups is 2. The van der Waals surface area contributed by atoms with E-state index in [1.807, 2.05) is 36.5 Å². The summed E-state index contributed by atoms with van der Waals surface area (Å²) < 4.78 is 4.78. The van der Waals surface area contributed by atoms with E-state index in [1.165, 1.54) is 49.3 Å². The molecule has 10 aromatic rings. The smallest absolute Gasteiger partial charge is 0.0723 e. The number of fused-ring (bicyclic) bond motifs is 6. The van der Waals surface area contributed by atoms with Gasteiger partial charge in [-0.2, -0.15) is 0 Å². The van der Waals surface area contributed by atoms with Gasteiger partial charge >= 0.3 is 0 Å². The van der Waals surface area contributed by atoms with E-state index in [2.05, 4.69) is 192 Å². The Morgan fingerprint density at radius 1 is 0.578 bits per heavy atom. The summed E-state index contributed by atoms with van der Waals surface area (Å²) in [5.41, 5.74) is 16.5. The van der Waals surface area contributed by atoms with Crippen LogP contribution in [0.3, 0.4) is 0 Å². The van der Waals surface area contributed by atoms with Gasteiger partial charge in [0.25, 0.3) is 0 Å². The van der Waals surface area contributed by atoms with Crippen LogP contribution in [0.5, 0.6) is 0 Å². The van der Waals surface area contributed by atoms with Gasteiger partial charge in [-0.05, 0) is 133 Å². The number of hydrogen-bond donors (Lipinski definition) is 1. The fourth-order valence-corrected chi connectivity index (χ4v) is 9.14. The fraction of sp³-hybridized carbons (Fsp3) is 0.121. The lowest BCUT2D eigenvalue weighted by atomic mass is 10.0. The predicted molar refractivity (Wildman–Crippen MR) is 272 cm³/mol. The molecule has 0 aliphatic heterocycles. The molecule has 0 saturated carbocycles. The number of anilines is 2. The molecule has 0 bridgehead atoms. The molecule has 0 atom stereocenters. The second kappa shape index (κ2) is 17.9. The first kappa shape index (κ1) is 40.3. The topological polar surface area (TPSA) is 59.5 Å². The van der Waals surface area contributed by atoms with Gasteiger partial charge in [-0.1, -0.05) is 112 Å². The highest BCUT2D eigenvalue weighted by atomic mass is 15.0. The van der Waals surface area contributed by atoms with E-state index in [1.54, 1.807) is 0 Å². The summed E-state index contributed by atoms with van der Waals surface area (Å²) in [5, 5.41) is 8.51. The molecule has 0 spiro atoms. The first-order chi connectivity index (χ1) is 31.6. The van der Waals surface area contributed by atoms with Crippen LogP contribution in [0, 0.1) is 0 Å². The summed E-state index contributed by atoms with van der Waals surface area (Å²) in [6.45, 7) is 8.77. The summed E-state index contributed by atoms with van der Waals surface area (Å²) in [6.07, 6.45) is 7.88. The van der Waals surface area contributed by atoms with Gasteiger partial charge in [0, 0.05) is 67.5 Å². The summed E-state index contributed by atoms with van der Waals surface area (Å²) in [5.74, 6) is 0. The molecule has 0 saturated heterocycles. The number of hydrogen-bond acceptors (Lipinski definition) is 4. The van der Waals surface area contributed by atoms with Crippen LogP contribution >= 0.6 is 0 Å². The fourth-order valence-electron chi connectivity index (χ4n) is 9.14. The van der Waals surface area contributed by atoms with Gasteiger partial charge in [-0.15, -0.1) is 0 Å². The molecular formula is C58H50N6. The van der Waals surface area contributed by atoms with E-state index in [0.29, 0.717) is 6.54 Å². The first-order valence-electron chi connectivity index (χ1n) is 22.3. The van der Waals surface area contributed by atoms with E-state index in [9.17, 15) is 0 Å². The van der Waals surface area contributed by atoms with Crippen LogP contribution in [0.15, 0.2) is 204 Å². The third-order valence-corrected chi connectivity index (χ3v) is 12.1. The van der Waals surface area contributed by atoms with E-state index < -0.39 is 0 Å². The second-order valence-electron chi connectivity index (χ2n) is 16.4. The number of rotatable bonds is 14. The van der Waals surface area contributed by atoms with Gasteiger partial charge in [0.05, 0.1) is 34.3 Å². The Morgan fingerprint density at radius 2 is 1.20 bits per heavy atom. The lowest BCUT2D eigenvalue weighted by molar-refractivity contribution is 0.893. The molecule has 64 heavy (non-hydrogen) atoms. The number of benzene rings is 7. The van der Waals surface area contributed by atoms with Gasteiger partial charge in [-0.25, -0.2) is 0 Å². The van der Waals surface area contributed by atoms with Crippen molar-refractivity contribution in [2.45, 2.75) is 46.1 Å². The van der Waals surface area contributed by atoms with Crippen molar-refractivity contribution < 1.29 is 0 Å². The van der Waals surface area contributed by atoms with Crippen molar-refractivity contribution >= 4 is 67.4 Å².